The first-order valence-electron chi connectivity index (χ1n) is 29.2. The van der Waals surface area contributed by atoms with E-state index in [0.29, 0.717) is 19.3 Å². The van der Waals surface area contributed by atoms with E-state index in [-0.39, 0.29) is 0 Å². The molecule has 6 heteroatoms. The molecule has 5 N–H and O–H groups in total. The number of aliphatic hydroxyl groups excluding tert-OH is 4. The SMILES string of the molecule is CCCCCCCCCCCCCCCC/C=C/CC/C=C/CCCC(O)C(O)C(CO)NC(=O)C(O)CCCCCCCCCCCCCCCCCCCCCCCCCCCC. The molecule has 4 unspecified atom stereocenters. The minimum absolute atomic E-state index is 0.365. The number of amides is 1. The molecule has 0 aliphatic carbocycles. The molecular weight excluding hydrogens is 803 g/mol. The average molecular weight is 919 g/mol. The molecule has 0 rings (SSSR count). The fourth-order valence-corrected chi connectivity index (χ4v) is 9.31. The first-order chi connectivity index (χ1) is 32.0. The number of carbonyl (C=O) groups excluding carboxylic acids is 1. The van der Waals surface area contributed by atoms with E-state index in [1.54, 1.807) is 0 Å². The molecular formula is C59H115NO5. The highest BCUT2D eigenvalue weighted by Crippen LogP contribution is 2.18. The predicted molar refractivity (Wildman–Crippen MR) is 284 cm³/mol. The highest BCUT2D eigenvalue weighted by atomic mass is 16.3. The molecule has 0 aromatic rings. The van der Waals surface area contributed by atoms with Gasteiger partial charge in [0.15, 0.2) is 0 Å². The Hall–Kier alpha value is -1.21. The second-order valence-electron chi connectivity index (χ2n) is 20.3. The summed E-state index contributed by atoms with van der Waals surface area (Å²) in [6.45, 7) is 4.08. The van der Waals surface area contributed by atoms with Crippen molar-refractivity contribution in [1.29, 1.82) is 0 Å². The number of allylic oxidation sites excluding steroid dienone is 4. The van der Waals surface area contributed by atoms with Gasteiger partial charge in [-0.25, -0.2) is 0 Å². The van der Waals surface area contributed by atoms with Gasteiger partial charge in [0.25, 0.3) is 0 Å². The van der Waals surface area contributed by atoms with Crippen LogP contribution in [0.3, 0.4) is 0 Å². The molecule has 0 saturated carbocycles. The number of rotatable bonds is 54. The highest BCUT2D eigenvalue weighted by Gasteiger charge is 2.28. The van der Waals surface area contributed by atoms with Gasteiger partial charge in [-0.3, -0.25) is 4.79 Å². The van der Waals surface area contributed by atoms with Crippen LogP contribution in [0.4, 0.5) is 0 Å². The maximum absolute atomic E-state index is 12.6. The van der Waals surface area contributed by atoms with Crippen LogP contribution in [0.25, 0.3) is 0 Å². The van der Waals surface area contributed by atoms with Gasteiger partial charge in [0, 0.05) is 0 Å². The molecule has 0 aliphatic heterocycles. The molecule has 0 spiro atoms. The first kappa shape index (κ1) is 63.8. The third-order valence-electron chi connectivity index (χ3n) is 13.9. The summed E-state index contributed by atoms with van der Waals surface area (Å²) >= 11 is 0. The Bertz CT molecular complexity index is 986. The summed E-state index contributed by atoms with van der Waals surface area (Å²) in [4.78, 5) is 12.6. The lowest BCUT2D eigenvalue weighted by Crippen LogP contribution is -2.53. The zero-order valence-corrected chi connectivity index (χ0v) is 43.8. The van der Waals surface area contributed by atoms with E-state index in [1.165, 1.54) is 244 Å². The minimum atomic E-state index is -1.29. The Morgan fingerprint density at radius 2 is 0.646 bits per heavy atom. The van der Waals surface area contributed by atoms with E-state index in [0.717, 1.165) is 38.5 Å². The Morgan fingerprint density at radius 3 is 0.969 bits per heavy atom. The van der Waals surface area contributed by atoms with Crippen molar-refractivity contribution in [1.82, 2.24) is 5.32 Å². The van der Waals surface area contributed by atoms with E-state index in [2.05, 4.69) is 43.5 Å². The summed E-state index contributed by atoms with van der Waals surface area (Å²) < 4.78 is 0. The second-order valence-corrected chi connectivity index (χ2v) is 20.3. The molecule has 65 heavy (non-hydrogen) atoms. The van der Waals surface area contributed by atoms with E-state index < -0.39 is 36.9 Å². The standard InChI is InChI=1S/C59H115NO5/c1-3-5-7-9-11-13-15-17-19-21-23-25-27-28-29-31-33-35-37-39-41-43-45-47-49-51-53-57(63)59(65)60-55(54-61)58(64)56(62)52-50-48-46-44-42-40-38-36-34-32-30-26-24-22-20-18-16-14-12-10-8-6-4-2/h36,38,44,46,55-58,61-64H,3-35,37,39-43,45,47-54H2,1-2H3,(H,60,65)/b38-36+,46-44+. The molecule has 1 amide bonds. The monoisotopic (exact) mass is 918 g/mol. The van der Waals surface area contributed by atoms with Crippen molar-refractivity contribution in [3.8, 4) is 0 Å². The van der Waals surface area contributed by atoms with Gasteiger partial charge in [-0.1, -0.05) is 289 Å². The topological polar surface area (TPSA) is 110 Å². The highest BCUT2D eigenvalue weighted by molar-refractivity contribution is 5.80. The summed E-state index contributed by atoms with van der Waals surface area (Å²) in [6, 6.07) is -1.01. The number of unbranched alkanes of at least 4 members (excludes halogenated alkanes) is 41. The Balaban J connectivity index is 3.64. The zero-order valence-electron chi connectivity index (χ0n) is 43.8. The van der Waals surface area contributed by atoms with Gasteiger partial charge in [-0.15, -0.1) is 0 Å². The van der Waals surface area contributed by atoms with Gasteiger partial charge >= 0.3 is 0 Å². The molecule has 0 fully saturated rings. The molecule has 4 atom stereocenters. The molecule has 6 nitrogen and oxygen atoms in total. The lowest BCUT2D eigenvalue weighted by Gasteiger charge is -2.27. The van der Waals surface area contributed by atoms with Gasteiger partial charge in [0.2, 0.25) is 5.91 Å². The quantitative estimate of drug-likeness (QED) is 0.0308. The van der Waals surface area contributed by atoms with Crippen molar-refractivity contribution < 1.29 is 25.2 Å². The van der Waals surface area contributed by atoms with Crippen molar-refractivity contribution >= 4 is 5.91 Å². The van der Waals surface area contributed by atoms with Crippen LogP contribution >= 0.6 is 0 Å². The lowest BCUT2D eigenvalue weighted by molar-refractivity contribution is -0.132. The predicted octanol–water partition coefficient (Wildman–Crippen LogP) is 17.0. The van der Waals surface area contributed by atoms with Crippen LogP contribution in [0.5, 0.6) is 0 Å². The minimum Gasteiger partial charge on any atom is -0.394 e. The van der Waals surface area contributed by atoms with Crippen LogP contribution in [-0.4, -0.2) is 57.3 Å². The van der Waals surface area contributed by atoms with Crippen molar-refractivity contribution in [2.75, 3.05) is 6.61 Å². The number of nitrogens with one attached hydrogen (secondary N) is 1. The summed E-state index contributed by atoms with van der Waals surface area (Å²) in [6.07, 6.45) is 65.4. The van der Waals surface area contributed by atoms with E-state index >= 15 is 0 Å². The number of aliphatic hydroxyl groups is 4. The number of carbonyl (C=O) groups is 1. The fraction of sp³-hybridized carbons (Fsp3) is 0.915. The molecule has 0 aromatic heterocycles. The van der Waals surface area contributed by atoms with E-state index in [9.17, 15) is 25.2 Å². The Morgan fingerprint density at radius 1 is 0.369 bits per heavy atom. The maximum Gasteiger partial charge on any atom is 0.249 e. The van der Waals surface area contributed by atoms with Gasteiger partial charge in [-0.05, 0) is 51.4 Å². The normalized spacial score (nSPS) is 13.9. The zero-order chi connectivity index (χ0) is 47.4. The summed E-state index contributed by atoms with van der Waals surface area (Å²) in [5.74, 6) is -0.591. The molecule has 0 heterocycles. The van der Waals surface area contributed by atoms with E-state index in [4.69, 9.17) is 0 Å². The first-order valence-corrected chi connectivity index (χ1v) is 29.2. The van der Waals surface area contributed by atoms with Crippen LogP contribution in [0, 0.1) is 0 Å². The lowest BCUT2D eigenvalue weighted by atomic mass is 10.00. The van der Waals surface area contributed by atoms with Crippen molar-refractivity contribution in [2.24, 2.45) is 0 Å². The molecule has 0 saturated heterocycles. The molecule has 386 valence electrons. The van der Waals surface area contributed by atoms with Crippen LogP contribution in [0.2, 0.25) is 0 Å². The summed E-state index contributed by atoms with van der Waals surface area (Å²) in [5.41, 5.74) is 0. The van der Waals surface area contributed by atoms with Gasteiger partial charge in [-0.2, -0.15) is 0 Å². The number of hydrogen-bond donors (Lipinski definition) is 5. The van der Waals surface area contributed by atoms with Crippen molar-refractivity contribution in [2.45, 2.75) is 340 Å². The molecule has 0 radical (unpaired) electrons. The third-order valence-corrected chi connectivity index (χ3v) is 13.9. The smallest absolute Gasteiger partial charge is 0.249 e. The molecule has 0 aliphatic rings. The summed E-state index contributed by atoms with van der Waals surface area (Å²) in [7, 11) is 0. The molecule has 0 bridgehead atoms. The van der Waals surface area contributed by atoms with Crippen LogP contribution in [-0.2, 0) is 4.79 Å². The van der Waals surface area contributed by atoms with Crippen LogP contribution in [0.1, 0.15) is 316 Å². The largest absolute Gasteiger partial charge is 0.394 e. The van der Waals surface area contributed by atoms with Crippen molar-refractivity contribution in [3.05, 3.63) is 24.3 Å². The fourth-order valence-electron chi connectivity index (χ4n) is 9.31. The van der Waals surface area contributed by atoms with E-state index in [1.807, 2.05) is 0 Å². The maximum atomic E-state index is 12.6. The van der Waals surface area contributed by atoms with Gasteiger partial charge < -0.3 is 25.7 Å². The van der Waals surface area contributed by atoms with Gasteiger partial charge in [0.1, 0.15) is 12.2 Å². The number of hydrogen-bond acceptors (Lipinski definition) is 5. The van der Waals surface area contributed by atoms with Crippen LogP contribution in [0.15, 0.2) is 24.3 Å². The second kappa shape index (κ2) is 53.7. The Labute approximate surface area is 405 Å². The third kappa shape index (κ3) is 47.6. The average Bonchev–Trinajstić information content (AvgIpc) is 3.31. The van der Waals surface area contributed by atoms with Gasteiger partial charge in [0.05, 0.1) is 18.8 Å². The molecule has 0 aromatic carbocycles. The van der Waals surface area contributed by atoms with Crippen molar-refractivity contribution in [3.63, 3.8) is 0 Å². The summed E-state index contributed by atoms with van der Waals surface area (Å²) in [5, 5.41) is 44.0. The van der Waals surface area contributed by atoms with Crippen LogP contribution < -0.4 is 5.32 Å². The Kier molecular flexibility index (Phi) is 52.7.